The molecule has 0 saturated carbocycles. The van der Waals surface area contributed by atoms with Crippen LogP contribution < -0.4 is 31.0 Å². The summed E-state index contributed by atoms with van der Waals surface area (Å²) in [6, 6.07) is 30.4. The molecule has 0 fully saturated rings. The average molecular weight is 713 g/mol. The lowest BCUT2D eigenvalue weighted by atomic mass is 10.1. The highest BCUT2D eigenvalue weighted by Gasteiger charge is 2.54. The number of nitrogens with zero attached hydrogens (tertiary/aromatic N) is 2. The Morgan fingerprint density at radius 2 is 1.51 bits per heavy atom. The molecule has 0 radical (unpaired) electrons. The number of hydrogen-bond acceptors (Lipinski definition) is 9. The van der Waals surface area contributed by atoms with Crippen LogP contribution in [0.5, 0.6) is 5.75 Å². The quantitative estimate of drug-likeness (QED) is 0.113. The Labute approximate surface area is 299 Å². The van der Waals surface area contributed by atoms with E-state index in [4.69, 9.17) is 4.74 Å². The van der Waals surface area contributed by atoms with Crippen molar-refractivity contribution in [2.75, 3.05) is 35.8 Å². The van der Waals surface area contributed by atoms with Gasteiger partial charge in [0.15, 0.2) is 15.7 Å². The van der Waals surface area contributed by atoms with E-state index in [0.717, 1.165) is 23.7 Å². The lowest BCUT2D eigenvalue weighted by Crippen LogP contribution is -2.67. The van der Waals surface area contributed by atoms with Crippen LogP contribution >= 0.6 is 0 Å². The molecule has 4 aromatic carbocycles. The second-order valence-corrected chi connectivity index (χ2v) is 13.7. The van der Waals surface area contributed by atoms with E-state index in [1.54, 1.807) is 103 Å². The van der Waals surface area contributed by atoms with Gasteiger partial charge in [0.05, 0.1) is 22.9 Å². The number of carbonyl (C=O) groups excluding carboxylic acids is 3. The topological polar surface area (TPSA) is 158 Å². The van der Waals surface area contributed by atoms with Gasteiger partial charge in [-0.1, -0.05) is 74.0 Å². The van der Waals surface area contributed by atoms with Crippen LogP contribution in [0.3, 0.4) is 0 Å². The van der Waals surface area contributed by atoms with Crippen molar-refractivity contribution in [1.29, 1.82) is 0 Å². The molecule has 4 N–H and O–H groups in total. The van der Waals surface area contributed by atoms with Crippen LogP contribution in [0, 0.1) is 6.92 Å². The van der Waals surface area contributed by atoms with E-state index < -0.39 is 33.2 Å². The number of hydrazone groups is 1. The molecular weight excluding hydrogens is 669 g/mol. The molecule has 1 aliphatic rings. The van der Waals surface area contributed by atoms with Gasteiger partial charge < -0.3 is 26.0 Å². The summed E-state index contributed by atoms with van der Waals surface area (Å²) in [6.45, 7) is 9.65. The van der Waals surface area contributed by atoms with Gasteiger partial charge in [0.1, 0.15) is 5.75 Å². The molecule has 51 heavy (non-hydrogen) atoms. The number of carbonyl (C=O) groups is 3. The Balaban J connectivity index is 0.00000109. The highest BCUT2D eigenvalue weighted by Crippen LogP contribution is 2.28. The Morgan fingerprint density at radius 3 is 2.12 bits per heavy atom. The van der Waals surface area contributed by atoms with Crippen LogP contribution in [-0.4, -0.2) is 63.1 Å². The smallest absolute Gasteiger partial charge is 0.302 e. The van der Waals surface area contributed by atoms with Crippen LogP contribution in [0.2, 0.25) is 0 Å². The molecule has 0 saturated heterocycles. The monoisotopic (exact) mass is 712 g/mol. The third-order valence-corrected chi connectivity index (χ3v) is 9.39. The van der Waals surface area contributed by atoms with Crippen molar-refractivity contribution in [3.8, 4) is 5.75 Å². The highest BCUT2D eigenvalue weighted by atomic mass is 32.2. The molecule has 1 atom stereocenters. The van der Waals surface area contributed by atoms with Gasteiger partial charge in [-0.05, 0) is 81.0 Å². The molecule has 0 spiro atoms. The molecule has 12 nitrogen and oxygen atoms in total. The van der Waals surface area contributed by atoms with Crippen molar-refractivity contribution in [1.82, 2.24) is 16.0 Å². The van der Waals surface area contributed by atoms with Crippen molar-refractivity contribution >= 4 is 44.8 Å². The number of ether oxygens (including phenoxy) is 1. The van der Waals surface area contributed by atoms with Crippen LogP contribution in [0.4, 0.5) is 11.4 Å². The van der Waals surface area contributed by atoms with E-state index in [2.05, 4.69) is 40.2 Å². The number of benzene rings is 4. The zero-order valence-electron chi connectivity index (χ0n) is 29.2. The molecular formula is C38H44N6O6S. The molecule has 268 valence electrons. The average Bonchev–Trinajstić information content (AvgIpc) is 3.37. The summed E-state index contributed by atoms with van der Waals surface area (Å²) in [5, 5.41) is 17.1. The Hall–Kier alpha value is -5.53. The number of rotatable bonds is 13. The fraction of sp³-hybridized carbons (Fsp3) is 0.263. The van der Waals surface area contributed by atoms with Crippen molar-refractivity contribution in [3.63, 3.8) is 0 Å². The SMILES string of the molecule is CC(=O)NC1(Nc2ccccc2)C(=O)N(c2ccccc2)N=C1NC(=O)c1cccc(OCCCS(=O)(=O)c2ccc(C)cc2)c1.CCNCC. The maximum atomic E-state index is 14.0. The van der Waals surface area contributed by atoms with Gasteiger partial charge in [-0.15, -0.1) is 5.10 Å². The van der Waals surface area contributed by atoms with E-state index in [-0.39, 0.29) is 35.1 Å². The summed E-state index contributed by atoms with van der Waals surface area (Å²) < 4.78 is 31.1. The van der Waals surface area contributed by atoms with Gasteiger partial charge >= 0.3 is 5.91 Å². The minimum atomic E-state index is -3.46. The fourth-order valence-electron chi connectivity index (χ4n) is 5.06. The second-order valence-electron chi connectivity index (χ2n) is 11.6. The van der Waals surface area contributed by atoms with E-state index in [1.807, 2.05) is 6.92 Å². The zero-order chi connectivity index (χ0) is 36.9. The number of amides is 3. The molecule has 4 aromatic rings. The van der Waals surface area contributed by atoms with Gasteiger partial charge in [0.25, 0.3) is 11.6 Å². The van der Waals surface area contributed by atoms with E-state index >= 15 is 0 Å². The largest absolute Gasteiger partial charge is 0.494 e. The number of para-hydroxylation sites is 2. The van der Waals surface area contributed by atoms with Crippen molar-refractivity contribution in [2.45, 2.75) is 44.7 Å². The van der Waals surface area contributed by atoms with Crippen LogP contribution in [-0.2, 0) is 19.4 Å². The fourth-order valence-corrected chi connectivity index (χ4v) is 6.35. The number of nitrogens with one attached hydrogen (secondary N) is 4. The first-order valence-corrected chi connectivity index (χ1v) is 18.3. The molecule has 3 amide bonds. The maximum Gasteiger partial charge on any atom is 0.302 e. The van der Waals surface area contributed by atoms with Gasteiger partial charge in [0.2, 0.25) is 5.91 Å². The molecule has 0 aliphatic carbocycles. The van der Waals surface area contributed by atoms with Gasteiger partial charge in [-0.3, -0.25) is 14.4 Å². The highest BCUT2D eigenvalue weighted by molar-refractivity contribution is 7.91. The molecule has 5 rings (SSSR count). The molecule has 1 heterocycles. The minimum absolute atomic E-state index is 0.0956. The van der Waals surface area contributed by atoms with Gasteiger partial charge in [-0.2, -0.15) is 5.01 Å². The molecule has 13 heteroatoms. The molecule has 0 bridgehead atoms. The number of hydrogen-bond donors (Lipinski definition) is 4. The third kappa shape index (κ3) is 10.2. The van der Waals surface area contributed by atoms with E-state index in [9.17, 15) is 22.8 Å². The first kappa shape index (κ1) is 38.3. The first-order chi connectivity index (χ1) is 24.5. The van der Waals surface area contributed by atoms with Crippen LogP contribution in [0.1, 0.15) is 43.1 Å². The number of anilines is 2. The van der Waals surface area contributed by atoms with Gasteiger partial charge in [0, 0.05) is 18.2 Å². The Kier molecular flexibility index (Phi) is 13.5. The summed E-state index contributed by atoms with van der Waals surface area (Å²) >= 11 is 0. The lowest BCUT2D eigenvalue weighted by molar-refractivity contribution is -0.127. The normalized spacial score (nSPS) is 15.3. The predicted octanol–water partition coefficient (Wildman–Crippen LogP) is 4.89. The summed E-state index contributed by atoms with van der Waals surface area (Å²) in [6.07, 6.45) is 0.241. The van der Waals surface area contributed by atoms with E-state index in [0.29, 0.717) is 17.1 Å². The number of amidine groups is 1. The second kappa shape index (κ2) is 17.9. The summed E-state index contributed by atoms with van der Waals surface area (Å²) in [7, 11) is -3.46. The standard InChI is InChI=1S/C34H33N5O6S.C4H11N/c1-24-17-19-30(20-18-24)46(43,44)22-10-21-45-29-16-9-11-26(23-29)31(41)35-32-34(36-25(2)40,37-27-12-5-3-6-13-27)33(42)39(38-32)28-14-7-4-8-15-28;1-3-5-4-2/h3-9,11-20,23,37H,10,21-22H2,1-2H3,(H,36,40)(H,35,38,41);5H,3-4H2,1-2H3. The van der Waals surface area contributed by atoms with Crippen molar-refractivity contribution in [2.24, 2.45) is 5.10 Å². The number of aryl methyl sites for hydroxylation is 1. The molecule has 1 aliphatic heterocycles. The number of sulfone groups is 1. The zero-order valence-corrected chi connectivity index (χ0v) is 30.0. The van der Waals surface area contributed by atoms with Gasteiger partial charge in [-0.25, -0.2) is 8.42 Å². The van der Waals surface area contributed by atoms with Crippen LogP contribution in [0.15, 0.2) is 119 Å². The van der Waals surface area contributed by atoms with Crippen molar-refractivity contribution < 1.29 is 27.5 Å². The van der Waals surface area contributed by atoms with E-state index in [1.165, 1.54) is 13.0 Å². The maximum absolute atomic E-state index is 14.0. The predicted molar refractivity (Wildman–Crippen MR) is 199 cm³/mol. The molecule has 0 aromatic heterocycles. The molecule has 1 unspecified atom stereocenters. The summed E-state index contributed by atoms with van der Waals surface area (Å²) in [5.41, 5.74) is 0.159. The summed E-state index contributed by atoms with van der Waals surface area (Å²) in [4.78, 5) is 40.3. The summed E-state index contributed by atoms with van der Waals surface area (Å²) in [5.74, 6) is -1.66. The third-order valence-electron chi connectivity index (χ3n) is 7.57. The lowest BCUT2D eigenvalue weighted by Gasteiger charge is -2.31. The first-order valence-electron chi connectivity index (χ1n) is 16.6. The van der Waals surface area contributed by atoms with Crippen LogP contribution in [0.25, 0.3) is 0 Å². The minimum Gasteiger partial charge on any atom is -0.494 e. The Bertz CT molecular complexity index is 1920. The Morgan fingerprint density at radius 1 is 0.863 bits per heavy atom. The van der Waals surface area contributed by atoms with Crippen molar-refractivity contribution in [3.05, 3.63) is 120 Å².